The number of halogens is 5. The van der Waals surface area contributed by atoms with E-state index in [0.717, 1.165) is 55.2 Å². The Kier molecular flexibility index (Phi) is 18.3. The highest BCUT2D eigenvalue weighted by molar-refractivity contribution is 6.58. The number of hydrogen-bond donors (Lipinski definition) is 4. The molecule has 428 valence electrons. The summed E-state index contributed by atoms with van der Waals surface area (Å²) in [7, 11) is 1.55. The van der Waals surface area contributed by atoms with E-state index in [4.69, 9.17) is 45.6 Å². The van der Waals surface area contributed by atoms with E-state index in [9.17, 15) is 13.2 Å². The van der Waals surface area contributed by atoms with Crippen LogP contribution in [0, 0.1) is 37.1 Å². The van der Waals surface area contributed by atoms with Crippen molar-refractivity contribution in [3.8, 4) is 45.8 Å². The lowest BCUT2D eigenvalue weighted by molar-refractivity contribution is 0.122. The topological polar surface area (TPSA) is 211 Å². The summed E-state index contributed by atoms with van der Waals surface area (Å²) in [6.07, 6.45) is 9.91. The summed E-state index contributed by atoms with van der Waals surface area (Å²) in [6, 6.07) is 25.5. The minimum absolute atomic E-state index is 0.168. The average molecular weight is 1160 g/mol. The first-order valence-corrected chi connectivity index (χ1v) is 26.8. The zero-order valence-electron chi connectivity index (χ0n) is 45.8. The van der Waals surface area contributed by atoms with E-state index in [0.29, 0.717) is 106 Å². The number of aromatic nitrogens is 8. The molecule has 4 N–H and O–H groups in total. The van der Waals surface area contributed by atoms with Crippen molar-refractivity contribution in [2.75, 3.05) is 87.3 Å². The number of nitrogens with zero attached hydrogens (tertiary/aromatic N) is 10. The van der Waals surface area contributed by atoms with Gasteiger partial charge in [0.25, 0.3) is 0 Å². The second-order valence-electron chi connectivity index (χ2n) is 19.1. The molecule has 0 aliphatic carbocycles. The van der Waals surface area contributed by atoms with Gasteiger partial charge in [-0.25, -0.2) is 42.5 Å². The predicted molar refractivity (Wildman–Crippen MR) is 316 cm³/mol. The van der Waals surface area contributed by atoms with E-state index in [1.54, 1.807) is 56.2 Å². The van der Waals surface area contributed by atoms with Crippen LogP contribution in [0.3, 0.4) is 0 Å². The van der Waals surface area contributed by atoms with Crippen LogP contribution in [-0.2, 0) is 9.47 Å². The third-order valence-corrected chi connectivity index (χ3v) is 14.1. The molecule has 18 nitrogen and oxygen atoms in total. The Hall–Kier alpha value is -9.13. The molecule has 0 unspecified atom stereocenters. The van der Waals surface area contributed by atoms with E-state index in [1.807, 2.05) is 56.4 Å². The fourth-order valence-corrected chi connectivity index (χ4v) is 9.71. The highest BCUT2D eigenvalue weighted by Crippen LogP contribution is 2.41. The molecule has 2 aliphatic rings. The largest absolute Gasteiger partial charge is 0.488 e. The quantitative estimate of drug-likeness (QED) is 0.0509. The second-order valence-corrected chi connectivity index (χ2v) is 19.4. The van der Waals surface area contributed by atoms with Gasteiger partial charge in [0.1, 0.15) is 23.3 Å². The van der Waals surface area contributed by atoms with Crippen molar-refractivity contribution in [3.05, 3.63) is 174 Å². The summed E-state index contributed by atoms with van der Waals surface area (Å²) in [4.78, 5) is 39.4. The van der Waals surface area contributed by atoms with Crippen LogP contribution in [0.1, 0.15) is 11.1 Å². The zero-order valence-corrected chi connectivity index (χ0v) is 46.6. The molecule has 0 atom stereocenters. The third kappa shape index (κ3) is 13.2. The van der Waals surface area contributed by atoms with Gasteiger partial charge < -0.3 is 49.4 Å². The highest BCUT2D eigenvalue weighted by Gasteiger charge is 2.24. The predicted octanol–water partition coefficient (Wildman–Crippen LogP) is 10.2. The van der Waals surface area contributed by atoms with Crippen LogP contribution in [0.4, 0.5) is 51.7 Å². The Morgan fingerprint density at radius 2 is 1.04 bits per heavy atom. The molecule has 24 heteroatoms. The van der Waals surface area contributed by atoms with Crippen LogP contribution < -0.4 is 35.4 Å². The number of pyridine rings is 8. The van der Waals surface area contributed by atoms with Gasteiger partial charge in [-0.1, -0.05) is 23.7 Å². The van der Waals surface area contributed by atoms with Crippen LogP contribution in [0.5, 0.6) is 11.8 Å². The summed E-state index contributed by atoms with van der Waals surface area (Å²) in [6.45, 7) is 9.05. The van der Waals surface area contributed by atoms with Gasteiger partial charge in [-0.05, 0) is 67.8 Å². The van der Waals surface area contributed by atoms with Gasteiger partial charge in [-0.15, -0.1) is 0 Å². The van der Waals surface area contributed by atoms with Crippen LogP contribution in [0.2, 0.25) is 5.15 Å². The molecular weight excluding hydrogens is 1110 g/mol. The lowest BCUT2D eigenvalue weighted by Gasteiger charge is -2.29. The summed E-state index contributed by atoms with van der Waals surface area (Å²) in [5.41, 5.74) is 9.41. The van der Waals surface area contributed by atoms with Gasteiger partial charge in [0.05, 0.1) is 137 Å². The van der Waals surface area contributed by atoms with Crippen molar-refractivity contribution in [2.24, 2.45) is 0 Å². The average Bonchev–Trinajstić information content (AvgIpc) is 1.32. The molecule has 10 heterocycles. The summed E-state index contributed by atoms with van der Waals surface area (Å²) >= 11 is 6.41. The Morgan fingerprint density at radius 1 is 0.548 bits per heavy atom. The number of methoxy groups -OCH3 is 2. The molecule has 10 aromatic rings. The standard InChI is InChI=1S/C30H26F2N6O2.C24H20ClF2N5O.C6H8BNO3/c1-18-28(23-5-3-4-7-33-23)36-24-15-20(31)14-22(32)27(24)29(18)37-25-16-21(38-9-11-40-12-10-38)17-35-30(25)19-6-8-34-26(13-19)39-2;1-14-22(18-4-2-3-5-28-18)30-19-11-15(26)10-17(27)21(19)23(14)31-20-12-16(13-29-24(20)25)32-6-8-33-9-7-32;1-11-6-4-5(7(9)10)2-3-8-6/h3-8,13-17H,9-12H2,1-2H3,(H,36,37);2-5,10-13H,6-9H2,1H3,(H,30,31);2-4,9-10H,1H3. The molecule has 0 saturated carbocycles. The molecule has 2 aromatic carbocycles. The maximum atomic E-state index is 15.4. The van der Waals surface area contributed by atoms with Crippen molar-refractivity contribution in [1.82, 2.24) is 39.9 Å². The molecule has 2 saturated heterocycles. The Labute approximate surface area is 485 Å². The number of nitrogens with one attached hydrogen (secondary N) is 2. The van der Waals surface area contributed by atoms with E-state index >= 15 is 4.39 Å². The molecule has 8 aromatic heterocycles. The summed E-state index contributed by atoms with van der Waals surface area (Å²) in [5, 5.41) is 24.7. The van der Waals surface area contributed by atoms with Crippen molar-refractivity contribution < 1.29 is 46.6 Å². The van der Waals surface area contributed by atoms with E-state index in [-0.39, 0.29) is 27.0 Å². The monoisotopic (exact) mass is 1160 g/mol. The van der Waals surface area contributed by atoms with Gasteiger partial charge in [-0.3, -0.25) is 15.0 Å². The van der Waals surface area contributed by atoms with Gasteiger partial charge in [0, 0.05) is 104 Å². The Morgan fingerprint density at radius 3 is 1.54 bits per heavy atom. The van der Waals surface area contributed by atoms with E-state index < -0.39 is 30.4 Å². The number of rotatable bonds is 12. The smallest absolute Gasteiger partial charge is 0.481 e. The number of benzene rings is 2. The minimum atomic E-state index is -1.47. The fraction of sp³-hybridized carbons (Fsp3) is 0.200. The fourth-order valence-electron chi connectivity index (χ4n) is 9.56. The van der Waals surface area contributed by atoms with Crippen molar-refractivity contribution >= 4 is 80.1 Å². The van der Waals surface area contributed by atoms with Crippen molar-refractivity contribution in [3.63, 3.8) is 0 Å². The molecule has 2 aliphatic heterocycles. The first kappa shape index (κ1) is 58.1. The first-order valence-electron chi connectivity index (χ1n) is 26.4. The number of hydrogen-bond acceptors (Lipinski definition) is 18. The number of anilines is 6. The minimum Gasteiger partial charge on any atom is -0.481 e. The van der Waals surface area contributed by atoms with Crippen molar-refractivity contribution in [1.29, 1.82) is 0 Å². The maximum absolute atomic E-state index is 15.4. The van der Waals surface area contributed by atoms with Gasteiger partial charge in [0.2, 0.25) is 11.8 Å². The Bertz CT molecular complexity index is 3970. The zero-order chi connectivity index (χ0) is 58.9. The maximum Gasteiger partial charge on any atom is 0.488 e. The van der Waals surface area contributed by atoms with Crippen molar-refractivity contribution in [2.45, 2.75) is 13.8 Å². The second kappa shape index (κ2) is 26.4. The summed E-state index contributed by atoms with van der Waals surface area (Å²) in [5.74, 6) is -2.04. The number of ether oxygens (including phenoxy) is 4. The Balaban J connectivity index is 0.000000161. The lowest BCUT2D eigenvalue weighted by atomic mass is 9.81. The molecule has 0 radical (unpaired) electrons. The third-order valence-electron chi connectivity index (χ3n) is 13.8. The molecule has 12 rings (SSSR count). The SMILES string of the molecule is COc1cc(-c2ncc(N3CCOCC3)cc2Nc2c(C)c(-c3ccccn3)nc3cc(F)cc(F)c23)ccn1.COc1cc(B(O)O)ccn1.Cc1c(-c2ccccn2)nc2cc(F)cc(F)c2c1Nc1cc(N2CCOCC2)cnc1Cl. The van der Waals surface area contributed by atoms with Crippen LogP contribution in [0.15, 0.2) is 134 Å². The molecule has 0 spiro atoms. The number of morpholine rings is 2. The molecule has 0 bridgehead atoms. The van der Waals surface area contributed by atoms with E-state index in [1.165, 1.54) is 37.6 Å². The van der Waals surface area contributed by atoms with Crippen LogP contribution in [0.25, 0.3) is 55.8 Å². The molecule has 2 fully saturated rings. The lowest BCUT2D eigenvalue weighted by Crippen LogP contribution is -2.36. The van der Waals surface area contributed by atoms with Crippen LogP contribution in [-0.4, -0.2) is 124 Å². The molecule has 0 amide bonds. The molecular formula is C60H54BClF4N12O6. The van der Waals surface area contributed by atoms with Crippen LogP contribution >= 0.6 is 11.6 Å². The number of fused-ring (bicyclic) bond motifs is 2. The van der Waals surface area contributed by atoms with Gasteiger partial charge >= 0.3 is 7.12 Å². The summed E-state index contributed by atoms with van der Waals surface area (Å²) < 4.78 is 79.9. The van der Waals surface area contributed by atoms with Gasteiger partial charge in [0.15, 0.2) is 5.15 Å². The van der Waals surface area contributed by atoms with E-state index in [2.05, 4.69) is 55.3 Å². The first-order chi connectivity index (χ1) is 40.8. The normalized spacial score (nSPS) is 13.1. The highest BCUT2D eigenvalue weighted by atomic mass is 35.5. The molecule has 84 heavy (non-hydrogen) atoms. The van der Waals surface area contributed by atoms with Gasteiger partial charge in [-0.2, -0.15) is 0 Å².